The molecule has 1 heterocycles. The summed E-state index contributed by atoms with van der Waals surface area (Å²) in [4.78, 5) is 22.9. The summed E-state index contributed by atoms with van der Waals surface area (Å²) in [5.41, 5.74) is -0.220. The normalized spacial score (nSPS) is 13.0. The molecule has 0 aliphatic carbocycles. The number of nitrogens with one attached hydrogen (secondary N) is 1. The number of alkyl halides is 3. The zero-order valence-corrected chi connectivity index (χ0v) is 12.0. The third kappa shape index (κ3) is 5.70. The van der Waals surface area contributed by atoms with Crippen molar-refractivity contribution in [1.82, 2.24) is 9.88 Å². The van der Waals surface area contributed by atoms with Crippen molar-refractivity contribution in [3.8, 4) is 0 Å². The second kappa shape index (κ2) is 7.39. The van der Waals surface area contributed by atoms with Gasteiger partial charge in [0, 0.05) is 6.20 Å². The number of carbonyl (C=O) groups excluding carboxylic acids is 1. The maximum Gasteiger partial charge on any atom is 0.406 e. The average molecular weight is 324 g/mol. The number of aromatic nitrogens is 1. The minimum absolute atomic E-state index is 0.197. The quantitative estimate of drug-likeness (QED) is 0.805. The lowest BCUT2D eigenvalue weighted by Gasteiger charge is -2.16. The van der Waals surface area contributed by atoms with E-state index >= 15 is 0 Å². The first kappa shape index (κ1) is 17.4. The topological polar surface area (TPSA) is 71.3 Å². The second-order valence-corrected chi connectivity index (χ2v) is 5.27. The Morgan fingerprint density at radius 3 is 2.67 bits per heavy atom. The van der Waals surface area contributed by atoms with Gasteiger partial charge in [-0.1, -0.05) is 0 Å². The fourth-order valence-electron chi connectivity index (χ4n) is 1.68. The predicted octanol–water partition coefficient (Wildman–Crippen LogP) is 1.99. The van der Waals surface area contributed by atoms with Gasteiger partial charge in [0.2, 0.25) is 0 Å². The van der Waals surface area contributed by atoms with E-state index in [0.717, 1.165) is 10.8 Å². The molecule has 0 aliphatic rings. The van der Waals surface area contributed by atoms with Gasteiger partial charge in [-0.05, 0) is 30.6 Å². The Bertz CT molecular complexity index is 502. The van der Waals surface area contributed by atoms with Crippen LogP contribution in [0.15, 0.2) is 18.3 Å². The van der Waals surface area contributed by atoms with Gasteiger partial charge in [0.15, 0.2) is 0 Å². The van der Waals surface area contributed by atoms with E-state index in [1.807, 2.05) is 0 Å². The van der Waals surface area contributed by atoms with Gasteiger partial charge < -0.3 is 15.0 Å². The number of amides is 1. The molecule has 9 heteroatoms. The summed E-state index contributed by atoms with van der Waals surface area (Å²) in [6, 6.07) is 1.39. The van der Waals surface area contributed by atoms with E-state index in [4.69, 9.17) is 5.11 Å². The van der Waals surface area contributed by atoms with E-state index in [0.29, 0.717) is 5.75 Å². The van der Waals surface area contributed by atoms with Crippen LogP contribution in [-0.4, -0.2) is 45.8 Å². The Morgan fingerprint density at radius 1 is 1.48 bits per heavy atom. The van der Waals surface area contributed by atoms with E-state index in [-0.39, 0.29) is 12.1 Å². The standard InChI is InChI=1S/C12H15F3N2O3S/c1-21-6-4-8(11(19)20)16-10(18)9-3-2-5-17(9)7-12(13,14)15/h2-3,5,8H,4,6-7H2,1H3,(H,16,18)(H,19,20)/t8-/m1/s1. The lowest BCUT2D eigenvalue weighted by Crippen LogP contribution is -2.42. The predicted molar refractivity (Wildman–Crippen MR) is 72.4 cm³/mol. The first-order valence-corrected chi connectivity index (χ1v) is 7.38. The van der Waals surface area contributed by atoms with Crippen molar-refractivity contribution in [3.05, 3.63) is 24.0 Å². The van der Waals surface area contributed by atoms with Gasteiger partial charge in [0.25, 0.3) is 5.91 Å². The molecule has 0 spiro atoms. The lowest BCUT2D eigenvalue weighted by atomic mass is 10.2. The van der Waals surface area contributed by atoms with Crippen molar-refractivity contribution in [2.75, 3.05) is 12.0 Å². The van der Waals surface area contributed by atoms with Crippen LogP contribution in [0.25, 0.3) is 0 Å². The summed E-state index contributed by atoms with van der Waals surface area (Å²) in [5, 5.41) is 11.2. The molecule has 2 N–H and O–H groups in total. The first-order valence-electron chi connectivity index (χ1n) is 5.99. The van der Waals surface area contributed by atoms with E-state index in [9.17, 15) is 22.8 Å². The molecule has 0 aromatic carbocycles. The number of carboxylic acid groups (broad SMARTS) is 1. The van der Waals surface area contributed by atoms with E-state index in [1.165, 1.54) is 23.9 Å². The van der Waals surface area contributed by atoms with E-state index in [2.05, 4.69) is 5.32 Å². The Morgan fingerprint density at radius 2 is 2.14 bits per heavy atom. The van der Waals surface area contributed by atoms with Crippen LogP contribution in [-0.2, 0) is 11.3 Å². The molecule has 0 saturated carbocycles. The summed E-state index contributed by atoms with van der Waals surface area (Å²) in [7, 11) is 0. The third-order valence-electron chi connectivity index (χ3n) is 2.63. The summed E-state index contributed by atoms with van der Waals surface area (Å²) in [6.07, 6.45) is -1.35. The molecular formula is C12H15F3N2O3S. The van der Waals surface area contributed by atoms with Crippen molar-refractivity contribution in [1.29, 1.82) is 0 Å². The maximum absolute atomic E-state index is 12.4. The number of nitrogens with zero attached hydrogens (tertiary/aromatic N) is 1. The summed E-state index contributed by atoms with van der Waals surface area (Å²) in [6.45, 7) is -1.30. The van der Waals surface area contributed by atoms with E-state index in [1.54, 1.807) is 6.26 Å². The van der Waals surface area contributed by atoms with Crippen LogP contribution in [0, 0.1) is 0 Å². The molecule has 0 aliphatic heterocycles. The Hall–Kier alpha value is -1.64. The van der Waals surface area contributed by atoms with Crippen molar-refractivity contribution in [2.24, 2.45) is 0 Å². The Kier molecular flexibility index (Phi) is 6.13. The Labute approximate surface area is 123 Å². The molecule has 0 fully saturated rings. The van der Waals surface area contributed by atoms with Gasteiger partial charge in [-0.2, -0.15) is 24.9 Å². The zero-order chi connectivity index (χ0) is 16.0. The van der Waals surface area contributed by atoms with Crippen LogP contribution in [0.1, 0.15) is 16.9 Å². The molecule has 1 aromatic rings. The van der Waals surface area contributed by atoms with Crippen LogP contribution >= 0.6 is 11.8 Å². The first-order chi connectivity index (χ1) is 9.74. The molecule has 1 atom stereocenters. The van der Waals surface area contributed by atoms with Crippen LogP contribution in [0.2, 0.25) is 0 Å². The lowest BCUT2D eigenvalue weighted by molar-refractivity contribution is -0.141. The van der Waals surface area contributed by atoms with Crippen LogP contribution in [0.4, 0.5) is 13.2 Å². The molecule has 1 amide bonds. The number of carbonyl (C=O) groups is 2. The zero-order valence-electron chi connectivity index (χ0n) is 11.2. The maximum atomic E-state index is 12.4. The summed E-state index contributed by atoms with van der Waals surface area (Å²) in [5.74, 6) is -1.54. The number of carboxylic acids is 1. The van der Waals surface area contributed by atoms with Gasteiger partial charge in [0.1, 0.15) is 18.3 Å². The molecule has 1 aromatic heterocycles. The molecule has 1 rings (SSSR count). The van der Waals surface area contributed by atoms with Gasteiger partial charge in [-0.15, -0.1) is 0 Å². The summed E-state index contributed by atoms with van der Waals surface area (Å²) >= 11 is 1.41. The highest BCUT2D eigenvalue weighted by Gasteiger charge is 2.30. The minimum Gasteiger partial charge on any atom is -0.480 e. The van der Waals surface area contributed by atoms with Crippen molar-refractivity contribution < 1.29 is 27.9 Å². The number of rotatable bonds is 7. The molecule has 118 valence electrons. The highest BCUT2D eigenvalue weighted by Crippen LogP contribution is 2.19. The number of thioether (sulfide) groups is 1. The molecule has 5 nitrogen and oxygen atoms in total. The van der Waals surface area contributed by atoms with Crippen molar-refractivity contribution >= 4 is 23.6 Å². The smallest absolute Gasteiger partial charge is 0.406 e. The van der Waals surface area contributed by atoms with Crippen LogP contribution in [0.5, 0.6) is 0 Å². The second-order valence-electron chi connectivity index (χ2n) is 4.28. The molecule has 0 radical (unpaired) electrons. The number of hydrogen-bond acceptors (Lipinski definition) is 3. The van der Waals surface area contributed by atoms with Crippen LogP contribution < -0.4 is 5.32 Å². The molecule has 0 unspecified atom stereocenters. The van der Waals surface area contributed by atoms with Gasteiger partial charge in [0.05, 0.1) is 0 Å². The average Bonchev–Trinajstić information content (AvgIpc) is 2.79. The van der Waals surface area contributed by atoms with Gasteiger partial charge >= 0.3 is 12.1 Å². The Balaban J connectivity index is 2.79. The molecule has 21 heavy (non-hydrogen) atoms. The SMILES string of the molecule is CSCC[C@@H](NC(=O)c1cccn1CC(F)(F)F)C(=O)O. The minimum atomic E-state index is -4.46. The van der Waals surface area contributed by atoms with Gasteiger partial charge in [-0.25, -0.2) is 4.79 Å². The van der Waals surface area contributed by atoms with Crippen LogP contribution in [0.3, 0.4) is 0 Å². The van der Waals surface area contributed by atoms with E-state index < -0.39 is 30.6 Å². The van der Waals surface area contributed by atoms with Crippen molar-refractivity contribution in [3.63, 3.8) is 0 Å². The number of aliphatic carboxylic acids is 1. The fourth-order valence-corrected chi connectivity index (χ4v) is 2.15. The number of halogens is 3. The largest absolute Gasteiger partial charge is 0.480 e. The molecule has 0 bridgehead atoms. The monoisotopic (exact) mass is 324 g/mol. The molecule has 0 saturated heterocycles. The number of hydrogen-bond donors (Lipinski definition) is 2. The van der Waals surface area contributed by atoms with Gasteiger partial charge in [-0.3, -0.25) is 4.79 Å². The highest BCUT2D eigenvalue weighted by atomic mass is 32.2. The summed E-state index contributed by atoms with van der Waals surface area (Å²) < 4.78 is 37.8. The molecular weight excluding hydrogens is 309 g/mol. The fraction of sp³-hybridized carbons (Fsp3) is 0.500. The highest BCUT2D eigenvalue weighted by molar-refractivity contribution is 7.98. The van der Waals surface area contributed by atoms with Crippen molar-refractivity contribution in [2.45, 2.75) is 25.2 Å². The third-order valence-corrected chi connectivity index (χ3v) is 3.27.